The fraction of sp³-hybridized carbons (Fsp3) is 0.250. The standard InChI is InChI=1S/C16H15FN4O2/c1-9-6-10(2)21(20-9)14-5-4-11(7-13(14)17)15(22)12(8-18)16(23)19-3/h4-7,12H,1-3H3,(H,19,23)/t12-/m1/s1. The lowest BCUT2D eigenvalue weighted by atomic mass is 9.97. The van der Waals surface area contributed by atoms with Gasteiger partial charge >= 0.3 is 0 Å². The molecule has 0 saturated heterocycles. The lowest BCUT2D eigenvalue weighted by Gasteiger charge is -2.10. The summed E-state index contributed by atoms with van der Waals surface area (Å²) in [6.45, 7) is 3.58. The molecule has 1 heterocycles. The first-order chi connectivity index (χ1) is 10.9. The summed E-state index contributed by atoms with van der Waals surface area (Å²) in [5, 5.41) is 15.4. The van der Waals surface area contributed by atoms with Gasteiger partial charge in [-0.3, -0.25) is 9.59 Å². The van der Waals surface area contributed by atoms with Crippen molar-refractivity contribution in [2.75, 3.05) is 7.05 Å². The molecule has 0 spiro atoms. The lowest BCUT2D eigenvalue weighted by Crippen LogP contribution is -2.32. The number of aromatic nitrogens is 2. The summed E-state index contributed by atoms with van der Waals surface area (Å²) in [5.74, 6) is -3.62. The minimum atomic E-state index is -1.50. The van der Waals surface area contributed by atoms with Gasteiger partial charge in [0.25, 0.3) is 0 Å². The second kappa shape index (κ2) is 6.40. The zero-order valence-corrected chi connectivity index (χ0v) is 12.9. The number of carbonyl (C=O) groups is 2. The second-order valence-corrected chi connectivity index (χ2v) is 5.05. The van der Waals surface area contributed by atoms with Gasteiger partial charge in [0.05, 0.1) is 11.8 Å². The molecule has 0 radical (unpaired) electrons. The molecule has 2 aromatic rings. The topological polar surface area (TPSA) is 87.8 Å². The molecule has 0 fully saturated rings. The summed E-state index contributed by atoms with van der Waals surface area (Å²) in [7, 11) is 1.33. The minimum absolute atomic E-state index is 0.0390. The first-order valence-corrected chi connectivity index (χ1v) is 6.87. The van der Waals surface area contributed by atoms with Crippen LogP contribution in [0.1, 0.15) is 21.7 Å². The highest BCUT2D eigenvalue weighted by Crippen LogP contribution is 2.19. The first-order valence-electron chi connectivity index (χ1n) is 6.87. The van der Waals surface area contributed by atoms with Crippen molar-refractivity contribution in [3.63, 3.8) is 0 Å². The number of hydrogen-bond donors (Lipinski definition) is 1. The van der Waals surface area contributed by atoms with E-state index in [0.29, 0.717) is 0 Å². The van der Waals surface area contributed by atoms with Gasteiger partial charge in [-0.1, -0.05) is 0 Å². The van der Waals surface area contributed by atoms with Crippen molar-refractivity contribution in [2.45, 2.75) is 13.8 Å². The highest BCUT2D eigenvalue weighted by molar-refractivity contribution is 6.12. The first kappa shape index (κ1) is 16.4. The number of rotatable bonds is 4. The number of carbonyl (C=O) groups excluding carboxylic acids is 2. The van der Waals surface area contributed by atoms with Crippen molar-refractivity contribution in [3.05, 3.63) is 47.0 Å². The van der Waals surface area contributed by atoms with Crippen LogP contribution in [0.2, 0.25) is 0 Å². The zero-order valence-electron chi connectivity index (χ0n) is 12.9. The summed E-state index contributed by atoms with van der Waals surface area (Å²) in [6.07, 6.45) is 0. The predicted octanol–water partition coefficient (Wildman–Crippen LogP) is 1.70. The summed E-state index contributed by atoms with van der Waals surface area (Å²) in [6, 6.07) is 7.23. The van der Waals surface area contributed by atoms with Gasteiger partial charge in [-0.2, -0.15) is 10.4 Å². The van der Waals surface area contributed by atoms with E-state index in [-0.39, 0.29) is 11.3 Å². The van der Waals surface area contributed by atoms with Crippen molar-refractivity contribution in [1.29, 1.82) is 5.26 Å². The third-order valence-corrected chi connectivity index (χ3v) is 3.37. The molecule has 1 amide bonds. The van der Waals surface area contributed by atoms with E-state index in [9.17, 15) is 14.0 Å². The van der Waals surface area contributed by atoms with Crippen molar-refractivity contribution < 1.29 is 14.0 Å². The quantitative estimate of drug-likeness (QED) is 0.687. The van der Waals surface area contributed by atoms with E-state index >= 15 is 0 Å². The number of Topliss-reactive ketones (excluding diaryl/α,β-unsaturated/α-hetero) is 1. The van der Waals surface area contributed by atoms with Gasteiger partial charge in [0, 0.05) is 18.3 Å². The predicted molar refractivity (Wildman–Crippen MR) is 80.5 cm³/mol. The number of benzene rings is 1. The Hall–Kier alpha value is -3.01. The molecule has 1 aromatic heterocycles. The van der Waals surface area contributed by atoms with Gasteiger partial charge in [0.2, 0.25) is 5.91 Å². The van der Waals surface area contributed by atoms with Gasteiger partial charge in [-0.25, -0.2) is 9.07 Å². The van der Waals surface area contributed by atoms with Crippen LogP contribution in [0.25, 0.3) is 5.69 Å². The molecule has 0 aliphatic carbocycles. The number of nitrogens with one attached hydrogen (secondary N) is 1. The molecule has 0 bridgehead atoms. The number of halogens is 1. The maximum absolute atomic E-state index is 14.3. The van der Waals surface area contributed by atoms with Crippen LogP contribution >= 0.6 is 0 Å². The Bertz CT molecular complexity index is 820. The molecule has 0 aliphatic heterocycles. The monoisotopic (exact) mass is 314 g/mol. The van der Waals surface area contributed by atoms with Crippen molar-refractivity contribution in [3.8, 4) is 11.8 Å². The van der Waals surface area contributed by atoms with Crippen LogP contribution in [0.4, 0.5) is 4.39 Å². The fourth-order valence-corrected chi connectivity index (χ4v) is 2.25. The Labute approximate surface area is 132 Å². The van der Waals surface area contributed by atoms with E-state index in [4.69, 9.17) is 5.26 Å². The number of aryl methyl sites for hydroxylation is 2. The van der Waals surface area contributed by atoms with Crippen LogP contribution in [-0.4, -0.2) is 28.5 Å². The maximum Gasteiger partial charge on any atom is 0.245 e. The van der Waals surface area contributed by atoms with E-state index in [1.165, 1.54) is 23.9 Å². The van der Waals surface area contributed by atoms with E-state index in [1.54, 1.807) is 26.0 Å². The smallest absolute Gasteiger partial charge is 0.245 e. The highest BCUT2D eigenvalue weighted by Gasteiger charge is 2.27. The van der Waals surface area contributed by atoms with Gasteiger partial charge in [0.15, 0.2) is 11.7 Å². The van der Waals surface area contributed by atoms with Gasteiger partial charge < -0.3 is 5.32 Å². The van der Waals surface area contributed by atoms with Crippen molar-refractivity contribution in [2.24, 2.45) is 5.92 Å². The van der Waals surface area contributed by atoms with Crippen LogP contribution in [0.5, 0.6) is 0 Å². The van der Waals surface area contributed by atoms with E-state index in [2.05, 4.69) is 10.4 Å². The van der Waals surface area contributed by atoms with E-state index in [0.717, 1.165) is 17.5 Å². The largest absolute Gasteiger partial charge is 0.358 e. The molecule has 2 rings (SSSR count). The third-order valence-electron chi connectivity index (χ3n) is 3.37. The van der Waals surface area contributed by atoms with Crippen molar-refractivity contribution >= 4 is 11.7 Å². The molecule has 118 valence electrons. The second-order valence-electron chi connectivity index (χ2n) is 5.05. The Kier molecular flexibility index (Phi) is 4.55. The number of ketones is 1. The molecule has 7 heteroatoms. The minimum Gasteiger partial charge on any atom is -0.358 e. The average molecular weight is 314 g/mol. The third kappa shape index (κ3) is 3.11. The Balaban J connectivity index is 2.40. The van der Waals surface area contributed by atoms with Crippen LogP contribution in [0.3, 0.4) is 0 Å². The normalized spacial score (nSPS) is 11.6. The molecule has 1 aromatic carbocycles. The molecule has 1 N–H and O–H groups in total. The van der Waals surface area contributed by atoms with Crippen LogP contribution in [-0.2, 0) is 4.79 Å². The lowest BCUT2D eigenvalue weighted by molar-refractivity contribution is -0.121. The number of hydrogen-bond acceptors (Lipinski definition) is 4. The maximum atomic E-state index is 14.3. The molecule has 0 saturated carbocycles. The molecule has 1 atom stereocenters. The average Bonchev–Trinajstić information content (AvgIpc) is 2.85. The highest BCUT2D eigenvalue weighted by atomic mass is 19.1. The summed E-state index contributed by atoms with van der Waals surface area (Å²) >= 11 is 0. The molecular formula is C16H15FN4O2. The van der Waals surface area contributed by atoms with Crippen LogP contribution in [0.15, 0.2) is 24.3 Å². The van der Waals surface area contributed by atoms with Gasteiger partial charge in [-0.05, 0) is 38.1 Å². The molecule has 6 nitrogen and oxygen atoms in total. The van der Waals surface area contributed by atoms with E-state index in [1.807, 2.05) is 0 Å². The molecule has 0 aliphatic rings. The summed E-state index contributed by atoms with van der Waals surface area (Å²) < 4.78 is 15.8. The Morgan fingerprint density at radius 2 is 2.04 bits per heavy atom. The van der Waals surface area contributed by atoms with E-state index < -0.39 is 23.4 Å². The van der Waals surface area contributed by atoms with Gasteiger partial charge in [-0.15, -0.1) is 0 Å². The zero-order chi connectivity index (χ0) is 17.1. The Morgan fingerprint density at radius 3 is 2.52 bits per heavy atom. The van der Waals surface area contributed by atoms with Crippen LogP contribution < -0.4 is 5.32 Å². The number of nitriles is 1. The van der Waals surface area contributed by atoms with Crippen LogP contribution in [0, 0.1) is 36.9 Å². The fourth-order valence-electron chi connectivity index (χ4n) is 2.25. The SMILES string of the molecule is CNC(=O)[C@H](C#N)C(=O)c1ccc(-n2nc(C)cc2C)c(F)c1. The molecular weight excluding hydrogens is 299 g/mol. The number of nitrogens with zero attached hydrogens (tertiary/aromatic N) is 3. The summed E-state index contributed by atoms with van der Waals surface area (Å²) in [5.41, 5.74) is 1.65. The molecule has 0 unspecified atom stereocenters. The van der Waals surface area contributed by atoms with Gasteiger partial charge in [0.1, 0.15) is 11.5 Å². The summed E-state index contributed by atoms with van der Waals surface area (Å²) in [4.78, 5) is 23.7. The Morgan fingerprint density at radius 1 is 1.35 bits per heavy atom. The molecule has 23 heavy (non-hydrogen) atoms. The number of amides is 1. The van der Waals surface area contributed by atoms with Crippen molar-refractivity contribution in [1.82, 2.24) is 15.1 Å².